The van der Waals surface area contributed by atoms with Gasteiger partial charge in [-0.15, -0.1) is 0 Å². The fraction of sp³-hybridized carbons (Fsp3) is 0.375. The molecule has 0 aromatic rings. The average Bonchev–Trinajstić information content (AvgIpc) is 2.32. The van der Waals surface area contributed by atoms with Gasteiger partial charge in [0.2, 0.25) is 0 Å². The molecule has 1 aliphatic heterocycles. The van der Waals surface area contributed by atoms with Gasteiger partial charge in [-0.2, -0.15) is 0 Å². The molecule has 0 aromatic carbocycles. The van der Waals surface area contributed by atoms with Crippen LogP contribution in [0.1, 0.15) is 13.3 Å². The molecule has 0 saturated carbocycles. The van der Waals surface area contributed by atoms with Crippen LogP contribution in [0.2, 0.25) is 0 Å². The van der Waals surface area contributed by atoms with Gasteiger partial charge in [-0.05, 0) is 18.2 Å². The summed E-state index contributed by atoms with van der Waals surface area (Å²) in [6.45, 7) is 2.17. The fourth-order valence-corrected chi connectivity index (χ4v) is 1.86. The molecular weight excluding hydrogens is 206 g/mol. The standard InChI is InChI=1S/C8H9NO4S/c1-2-3-9-7(12)5(4-6(10)11)14-8(9)13/h4H,2-3H2,1H3,(H,10,11). The number of thioether (sulfide) groups is 1. The van der Waals surface area contributed by atoms with Crippen LogP contribution in [0.25, 0.3) is 0 Å². The van der Waals surface area contributed by atoms with E-state index in [0.29, 0.717) is 24.7 Å². The number of carboxylic acids is 1. The molecule has 1 N–H and O–H groups in total. The number of amides is 2. The van der Waals surface area contributed by atoms with Gasteiger partial charge in [-0.25, -0.2) is 4.79 Å². The van der Waals surface area contributed by atoms with Crippen LogP contribution in [-0.4, -0.2) is 33.7 Å². The molecule has 1 rings (SSSR count). The molecule has 0 aliphatic carbocycles. The Hall–Kier alpha value is -1.30. The predicted molar refractivity (Wildman–Crippen MR) is 50.7 cm³/mol. The molecule has 6 heteroatoms. The van der Waals surface area contributed by atoms with Crippen LogP contribution >= 0.6 is 11.8 Å². The number of rotatable bonds is 3. The van der Waals surface area contributed by atoms with Crippen LogP contribution in [-0.2, 0) is 9.59 Å². The van der Waals surface area contributed by atoms with Crippen molar-refractivity contribution in [2.75, 3.05) is 6.54 Å². The lowest BCUT2D eigenvalue weighted by Gasteiger charge is -2.09. The molecule has 1 saturated heterocycles. The summed E-state index contributed by atoms with van der Waals surface area (Å²) >= 11 is 0.668. The first kappa shape index (κ1) is 10.8. The van der Waals surface area contributed by atoms with Crippen LogP contribution in [0, 0.1) is 0 Å². The van der Waals surface area contributed by atoms with Crippen LogP contribution in [0.4, 0.5) is 4.79 Å². The topological polar surface area (TPSA) is 74.7 Å². The third-order valence-electron chi connectivity index (χ3n) is 1.58. The van der Waals surface area contributed by atoms with Gasteiger partial charge in [0, 0.05) is 12.6 Å². The van der Waals surface area contributed by atoms with E-state index in [1.165, 1.54) is 0 Å². The summed E-state index contributed by atoms with van der Waals surface area (Å²) in [4.78, 5) is 33.9. The summed E-state index contributed by atoms with van der Waals surface area (Å²) in [5.74, 6) is -1.73. The van der Waals surface area contributed by atoms with E-state index in [2.05, 4.69) is 0 Å². The Morgan fingerprint density at radius 3 is 2.71 bits per heavy atom. The van der Waals surface area contributed by atoms with Gasteiger partial charge in [-0.3, -0.25) is 14.5 Å². The number of aliphatic carboxylic acids is 1. The molecule has 5 nitrogen and oxygen atoms in total. The van der Waals surface area contributed by atoms with E-state index in [1.54, 1.807) is 0 Å². The van der Waals surface area contributed by atoms with Crippen molar-refractivity contribution in [2.24, 2.45) is 0 Å². The second-order valence-corrected chi connectivity index (χ2v) is 3.66. The highest BCUT2D eigenvalue weighted by atomic mass is 32.2. The minimum atomic E-state index is -1.22. The molecule has 0 aromatic heterocycles. The van der Waals surface area contributed by atoms with Crippen LogP contribution in [0.3, 0.4) is 0 Å². The minimum absolute atomic E-state index is 0.0176. The lowest BCUT2D eigenvalue weighted by Crippen LogP contribution is -2.28. The zero-order valence-electron chi connectivity index (χ0n) is 7.52. The zero-order chi connectivity index (χ0) is 10.7. The smallest absolute Gasteiger partial charge is 0.329 e. The molecule has 2 amide bonds. The maximum atomic E-state index is 11.4. The highest BCUT2D eigenvalue weighted by molar-refractivity contribution is 8.18. The molecule has 1 aliphatic rings. The molecule has 0 radical (unpaired) electrons. The van der Waals surface area contributed by atoms with E-state index in [4.69, 9.17) is 5.11 Å². The van der Waals surface area contributed by atoms with E-state index in [1.807, 2.05) is 6.92 Å². The Bertz CT molecular complexity index is 323. The Balaban J connectivity index is 2.84. The maximum absolute atomic E-state index is 11.4. The molecule has 0 atom stereocenters. The lowest BCUT2D eigenvalue weighted by molar-refractivity contribution is -0.132. The Morgan fingerprint density at radius 2 is 2.21 bits per heavy atom. The van der Waals surface area contributed by atoms with Gasteiger partial charge in [0.15, 0.2) is 0 Å². The SMILES string of the molecule is CCCN1C(=O)SC(=CC(=O)O)C1=O. The van der Waals surface area contributed by atoms with Crippen molar-refractivity contribution in [1.82, 2.24) is 4.90 Å². The molecular formula is C8H9NO4S. The minimum Gasteiger partial charge on any atom is -0.478 e. The number of carbonyl (C=O) groups excluding carboxylic acids is 2. The summed E-state index contributed by atoms with van der Waals surface area (Å²) in [5.41, 5.74) is 0. The first-order valence-corrected chi connectivity index (χ1v) is 4.86. The third kappa shape index (κ3) is 2.14. The van der Waals surface area contributed by atoms with E-state index >= 15 is 0 Å². The van der Waals surface area contributed by atoms with Gasteiger partial charge in [0.1, 0.15) is 0 Å². The summed E-state index contributed by atoms with van der Waals surface area (Å²) in [6.07, 6.45) is 1.43. The van der Waals surface area contributed by atoms with Crippen LogP contribution < -0.4 is 0 Å². The van der Waals surface area contributed by atoms with Crippen molar-refractivity contribution in [3.63, 3.8) is 0 Å². The van der Waals surface area contributed by atoms with E-state index in [0.717, 1.165) is 11.0 Å². The number of carboxylic acid groups (broad SMARTS) is 1. The second kappa shape index (κ2) is 4.28. The molecule has 1 fully saturated rings. The highest BCUT2D eigenvalue weighted by Crippen LogP contribution is 2.30. The Morgan fingerprint density at radius 1 is 1.57 bits per heavy atom. The largest absolute Gasteiger partial charge is 0.478 e. The average molecular weight is 215 g/mol. The number of carbonyl (C=O) groups is 3. The highest BCUT2D eigenvalue weighted by Gasteiger charge is 2.34. The molecule has 14 heavy (non-hydrogen) atoms. The van der Waals surface area contributed by atoms with Gasteiger partial charge >= 0.3 is 5.97 Å². The van der Waals surface area contributed by atoms with Gasteiger partial charge in [-0.1, -0.05) is 6.92 Å². The Kier molecular flexibility index (Phi) is 3.29. The van der Waals surface area contributed by atoms with E-state index < -0.39 is 17.1 Å². The summed E-state index contributed by atoms with van der Waals surface area (Å²) < 4.78 is 0. The van der Waals surface area contributed by atoms with Gasteiger partial charge in [0.05, 0.1) is 4.91 Å². The van der Waals surface area contributed by atoms with Crippen molar-refractivity contribution in [2.45, 2.75) is 13.3 Å². The lowest BCUT2D eigenvalue weighted by atomic mass is 10.4. The van der Waals surface area contributed by atoms with Crippen LogP contribution in [0.5, 0.6) is 0 Å². The summed E-state index contributed by atoms with van der Waals surface area (Å²) in [6, 6.07) is 0. The van der Waals surface area contributed by atoms with Crippen molar-refractivity contribution in [3.8, 4) is 0 Å². The van der Waals surface area contributed by atoms with Gasteiger partial charge < -0.3 is 5.11 Å². The van der Waals surface area contributed by atoms with Crippen LogP contribution in [0.15, 0.2) is 11.0 Å². The second-order valence-electron chi connectivity index (χ2n) is 2.67. The first-order valence-electron chi connectivity index (χ1n) is 4.04. The van der Waals surface area contributed by atoms with E-state index in [-0.39, 0.29) is 4.91 Å². The van der Waals surface area contributed by atoms with Crippen molar-refractivity contribution in [1.29, 1.82) is 0 Å². The normalized spacial score (nSPS) is 19.5. The fourth-order valence-electron chi connectivity index (χ4n) is 1.03. The molecule has 76 valence electrons. The summed E-state index contributed by atoms with van der Waals surface area (Å²) in [5, 5.41) is 8.02. The number of nitrogens with zero attached hydrogens (tertiary/aromatic N) is 1. The molecule has 0 spiro atoms. The molecule has 0 bridgehead atoms. The van der Waals surface area contributed by atoms with Crippen molar-refractivity contribution in [3.05, 3.63) is 11.0 Å². The maximum Gasteiger partial charge on any atom is 0.329 e. The molecule has 1 heterocycles. The number of hydrogen-bond acceptors (Lipinski definition) is 4. The summed E-state index contributed by atoms with van der Waals surface area (Å²) in [7, 11) is 0. The van der Waals surface area contributed by atoms with Crippen molar-refractivity contribution < 1.29 is 19.5 Å². The van der Waals surface area contributed by atoms with Crippen molar-refractivity contribution >= 4 is 28.9 Å². The quantitative estimate of drug-likeness (QED) is 0.712. The zero-order valence-corrected chi connectivity index (χ0v) is 8.34. The number of hydrogen-bond donors (Lipinski definition) is 1. The van der Waals surface area contributed by atoms with E-state index in [9.17, 15) is 14.4 Å². The molecule has 0 unspecified atom stereocenters. The first-order chi connectivity index (χ1) is 6.56. The predicted octanol–water partition coefficient (Wildman–Crippen LogP) is 1.06. The Labute approximate surface area is 84.8 Å². The third-order valence-corrected chi connectivity index (χ3v) is 2.48. The van der Waals surface area contributed by atoms with Gasteiger partial charge in [0.25, 0.3) is 11.1 Å². The monoisotopic (exact) mass is 215 g/mol. The number of imide groups is 1.